The molecule has 0 atom stereocenters. The Morgan fingerprint density at radius 2 is 0.793 bits per heavy atom. The van der Waals surface area contributed by atoms with Crippen LogP contribution >= 0.6 is 0 Å². The highest BCUT2D eigenvalue weighted by Crippen LogP contribution is 2.54. The zero-order valence-electron chi connectivity index (χ0n) is 32.1. The van der Waals surface area contributed by atoms with Gasteiger partial charge in [-0.15, -0.1) is 0 Å². The molecule has 0 aliphatic heterocycles. The Kier molecular flexibility index (Phi) is 7.97. The molecule has 11 rings (SSSR count). The molecule has 0 saturated carbocycles. The zero-order chi connectivity index (χ0) is 38.6. The van der Waals surface area contributed by atoms with Crippen molar-refractivity contribution >= 4 is 39.0 Å². The van der Waals surface area contributed by atoms with Gasteiger partial charge in [0.05, 0.1) is 0 Å². The Morgan fingerprint density at radius 3 is 1.33 bits per heavy atom. The zero-order valence-corrected chi connectivity index (χ0v) is 32.1. The van der Waals surface area contributed by atoms with E-state index < -0.39 is 0 Å². The highest BCUT2D eigenvalue weighted by molar-refractivity contribution is 6.13. The van der Waals surface area contributed by atoms with Gasteiger partial charge in [0.25, 0.3) is 0 Å². The lowest BCUT2D eigenvalue weighted by atomic mass is 9.73. The number of rotatable bonds is 7. The molecular formula is C56H39NO. The number of anilines is 3. The van der Waals surface area contributed by atoms with Crippen molar-refractivity contribution in [1.82, 2.24) is 0 Å². The first kappa shape index (κ1) is 33.9. The van der Waals surface area contributed by atoms with Crippen molar-refractivity contribution < 1.29 is 4.42 Å². The van der Waals surface area contributed by atoms with Crippen molar-refractivity contribution in [3.63, 3.8) is 0 Å². The first-order chi connectivity index (χ1) is 28.6. The average molecular weight is 742 g/mol. The van der Waals surface area contributed by atoms with E-state index in [1.807, 2.05) is 0 Å². The number of benzene rings is 9. The van der Waals surface area contributed by atoms with Gasteiger partial charge in [-0.05, 0) is 123 Å². The molecule has 0 radical (unpaired) electrons. The second-order valence-electron chi connectivity index (χ2n) is 15.4. The standard InChI is InChI=1S/C56H39NO/c1-56(51-21-11-8-18-47(51)48-19-9-12-22-52(48)56)43-36-50(55-49-20-10-13-23-53(49)58-54(55)37-43)42-28-34-46(35-29-42)57(44-30-24-40(25-31-44)38-14-4-2-5-15-38)45-32-26-41(27-33-45)39-16-6-3-7-17-39/h2-37H,1H3. The molecular weight excluding hydrogens is 703 g/mol. The maximum absolute atomic E-state index is 6.69. The Morgan fingerprint density at radius 1 is 0.362 bits per heavy atom. The van der Waals surface area contributed by atoms with E-state index in [0.717, 1.165) is 50.1 Å². The summed E-state index contributed by atoms with van der Waals surface area (Å²) in [5.41, 5.74) is 18.3. The molecule has 274 valence electrons. The van der Waals surface area contributed by atoms with E-state index in [1.54, 1.807) is 0 Å². The molecule has 0 saturated heterocycles. The number of para-hydroxylation sites is 1. The van der Waals surface area contributed by atoms with Crippen LogP contribution in [0.25, 0.3) is 66.4 Å². The summed E-state index contributed by atoms with van der Waals surface area (Å²) in [6.45, 7) is 2.37. The Bertz CT molecular complexity index is 2960. The van der Waals surface area contributed by atoms with Crippen molar-refractivity contribution in [3.05, 3.63) is 235 Å². The van der Waals surface area contributed by atoms with Crippen molar-refractivity contribution in [3.8, 4) is 44.5 Å². The van der Waals surface area contributed by atoms with Crippen LogP contribution in [0.5, 0.6) is 0 Å². The van der Waals surface area contributed by atoms with Crippen molar-refractivity contribution in [2.24, 2.45) is 0 Å². The van der Waals surface area contributed by atoms with Crippen LogP contribution in [0.15, 0.2) is 223 Å². The minimum atomic E-state index is -0.357. The maximum Gasteiger partial charge on any atom is 0.136 e. The van der Waals surface area contributed by atoms with Crippen LogP contribution in [0.3, 0.4) is 0 Å². The Labute approximate surface area is 338 Å². The topological polar surface area (TPSA) is 16.4 Å². The maximum atomic E-state index is 6.69. The van der Waals surface area contributed by atoms with Crippen molar-refractivity contribution in [2.45, 2.75) is 12.3 Å². The molecule has 58 heavy (non-hydrogen) atoms. The van der Waals surface area contributed by atoms with Gasteiger partial charge in [0.1, 0.15) is 11.2 Å². The van der Waals surface area contributed by atoms with E-state index in [0.29, 0.717) is 0 Å². The van der Waals surface area contributed by atoms with Gasteiger partial charge >= 0.3 is 0 Å². The molecule has 2 nitrogen and oxygen atoms in total. The van der Waals surface area contributed by atoms with E-state index in [2.05, 4.69) is 230 Å². The highest BCUT2D eigenvalue weighted by Gasteiger charge is 2.41. The molecule has 0 bridgehead atoms. The van der Waals surface area contributed by atoms with E-state index in [9.17, 15) is 0 Å². The van der Waals surface area contributed by atoms with Gasteiger partial charge in [0, 0.05) is 33.2 Å². The third kappa shape index (κ3) is 5.49. The van der Waals surface area contributed by atoms with Gasteiger partial charge in [-0.25, -0.2) is 0 Å². The van der Waals surface area contributed by atoms with E-state index in [4.69, 9.17) is 4.42 Å². The molecule has 9 aromatic carbocycles. The molecule has 0 amide bonds. The van der Waals surface area contributed by atoms with E-state index in [-0.39, 0.29) is 5.41 Å². The van der Waals surface area contributed by atoms with Gasteiger partial charge in [0.2, 0.25) is 0 Å². The number of nitrogens with zero attached hydrogens (tertiary/aromatic N) is 1. The van der Waals surface area contributed by atoms with Crippen LogP contribution in [0.2, 0.25) is 0 Å². The molecule has 0 N–H and O–H groups in total. The summed E-state index contributed by atoms with van der Waals surface area (Å²) in [6.07, 6.45) is 0. The van der Waals surface area contributed by atoms with Gasteiger partial charge in [-0.3, -0.25) is 0 Å². The SMILES string of the molecule is CC1(c2cc(-c3ccc(N(c4ccc(-c5ccccc5)cc4)c4ccc(-c5ccccc5)cc4)cc3)c3c(c2)oc2ccccc23)c2ccccc2-c2ccccc21. The summed E-state index contributed by atoms with van der Waals surface area (Å²) in [7, 11) is 0. The van der Waals surface area contributed by atoms with Gasteiger partial charge in [-0.2, -0.15) is 0 Å². The summed E-state index contributed by atoms with van der Waals surface area (Å²) in [5.74, 6) is 0. The fourth-order valence-corrected chi connectivity index (χ4v) is 9.24. The minimum Gasteiger partial charge on any atom is -0.456 e. The van der Waals surface area contributed by atoms with Crippen molar-refractivity contribution in [2.75, 3.05) is 4.90 Å². The summed E-state index contributed by atoms with van der Waals surface area (Å²) < 4.78 is 6.69. The molecule has 1 heterocycles. The average Bonchev–Trinajstić information content (AvgIpc) is 3.81. The lowest BCUT2D eigenvalue weighted by Crippen LogP contribution is -2.22. The van der Waals surface area contributed by atoms with Gasteiger partial charge < -0.3 is 9.32 Å². The van der Waals surface area contributed by atoms with Crippen molar-refractivity contribution in [1.29, 1.82) is 0 Å². The molecule has 10 aromatic rings. The molecule has 1 aliphatic rings. The summed E-state index contributed by atoms with van der Waals surface area (Å²) in [5, 5.41) is 2.26. The van der Waals surface area contributed by atoms with Gasteiger partial charge in [0.15, 0.2) is 0 Å². The molecule has 2 heteroatoms. The predicted octanol–water partition coefficient (Wildman–Crippen LogP) is 15.4. The largest absolute Gasteiger partial charge is 0.456 e. The lowest BCUT2D eigenvalue weighted by molar-refractivity contribution is 0.662. The quantitative estimate of drug-likeness (QED) is 0.162. The molecule has 0 unspecified atom stereocenters. The molecule has 1 aliphatic carbocycles. The number of hydrogen-bond donors (Lipinski definition) is 0. The molecule has 1 aromatic heterocycles. The number of furan rings is 1. The molecule has 0 spiro atoms. The first-order valence-corrected chi connectivity index (χ1v) is 20.0. The van der Waals surface area contributed by atoms with Crippen LogP contribution in [-0.2, 0) is 5.41 Å². The smallest absolute Gasteiger partial charge is 0.136 e. The summed E-state index contributed by atoms with van der Waals surface area (Å²) in [6, 6.07) is 78.8. The Hall–Kier alpha value is -7.42. The Balaban J connectivity index is 1.05. The number of hydrogen-bond acceptors (Lipinski definition) is 2. The summed E-state index contributed by atoms with van der Waals surface area (Å²) >= 11 is 0. The lowest BCUT2D eigenvalue weighted by Gasteiger charge is -2.29. The van der Waals surface area contributed by atoms with E-state index >= 15 is 0 Å². The van der Waals surface area contributed by atoms with Crippen LogP contribution in [0.4, 0.5) is 17.1 Å². The monoisotopic (exact) mass is 741 g/mol. The van der Waals surface area contributed by atoms with Gasteiger partial charge in [-0.1, -0.05) is 164 Å². The third-order valence-corrected chi connectivity index (χ3v) is 12.2. The third-order valence-electron chi connectivity index (χ3n) is 12.2. The predicted molar refractivity (Wildman–Crippen MR) is 242 cm³/mol. The van der Waals surface area contributed by atoms with Crippen LogP contribution < -0.4 is 4.90 Å². The fraction of sp³-hybridized carbons (Fsp3) is 0.0357. The second kappa shape index (κ2) is 13.7. The minimum absolute atomic E-state index is 0.357. The first-order valence-electron chi connectivity index (χ1n) is 20.0. The molecule has 0 fully saturated rings. The van der Waals surface area contributed by atoms with Crippen LogP contribution in [0.1, 0.15) is 23.6 Å². The second-order valence-corrected chi connectivity index (χ2v) is 15.4. The van der Waals surface area contributed by atoms with E-state index in [1.165, 1.54) is 50.1 Å². The summed E-state index contributed by atoms with van der Waals surface area (Å²) in [4.78, 5) is 2.35. The normalized spacial score (nSPS) is 12.7. The van der Waals surface area contributed by atoms with Crippen LogP contribution in [-0.4, -0.2) is 0 Å². The number of fused-ring (bicyclic) bond motifs is 6. The highest BCUT2D eigenvalue weighted by atomic mass is 16.3. The van der Waals surface area contributed by atoms with Crippen LogP contribution in [0, 0.1) is 0 Å². The fourth-order valence-electron chi connectivity index (χ4n) is 9.24.